The number of furan rings is 1. The topological polar surface area (TPSA) is 50.5 Å². The van der Waals surface area contributed by atoms with Crippen LogP contribution in [0.2, 0.25) is 0 Å². The SMILES string of the molecule is CCc1occc1C(=O)N1CCCC1CC(=O)c1cccs1. The summed E-state index contributed by atoms with van der Waals surface area (Å²) in [6, 6.07) is 5.47. The fourth-order valence-corrected chi connectivity index (χ4v) is 3.70. The predicted molar refractivity (Wildman–Crippen MR) is 85.4 cm³/mol. The molecule has 1 amide bonds. The third-order valence-electron chi connectivity index (χ3n) is 4.15. The molecule has 1 aliphatic heterocycles. The van der Waals surface area contributed by atoms with Crippen LogP contribution < -0.4 is 0 Å². The summed E-state index contributed by atoms with van der Waals surface area (Å²) in [5.74, 6) is 0.843. The zero-order valence-electron chi connectivity index (χ0n) is 12.6. The molecule has 1 atom stereocenters. The van der Waals surface area contributed by atoms with Crippen molar-refractivity contribution in [1.29, 1.82) is 0 Å². The molecule has 1 fully saturated rings. The van der Waals surface area contributed by atoms with Crippen molar-refractivity contribution in [2.45, 2.75) is 38.6 Å². The zero-order chi connectivity index (χ0) is 15.5. The van der Waals surface area contributed by atoms with E-state index >= 15 is 0 Å². The standard InChI is InChI=1S/C17H19NO3S/c1-2-15-13(7-9-21-15)17(20)18-8-3-5-12(18)11-14(19)16-6-4-10-22-16/h4,6-7,9-10,12H,2-3,5,8,11H2,1H3. The number of hydrogen-bond acceptors (Lipinski definition) is 4. The third-order valence-corrected chi connectivity index (χ3v) is 5.06. The van der Waals surface area contributed by atoms with E-state index in [4.69, 9.17) is 4.42 Å². The lowest BCUT2D eigenvalue weighted by atomic mass is 10.1. The highest BCUT2D eigenvalue weighted by Gasteiger charge is 2.32. The molecule has 3 heterocycles. The summed E-state index contributed by atoms with van der Waals surface area (Å²) in [4.78, 5) is 27.6. The van der Waals surface area contributed by atoms with E-state index in [9.17, 15) is 9.59 Å². The van der Waals surface area contributed by atoms with Crippen molar-refractivity contribution in [1.82, 2.24) is 4.90 Å². The largest absolute Gasteiger partial charge is 0.469 e. The first-order valence-corrected chi connectivity index (χ1v) is 8.52. The molecule has 1 saturated heterocycles. The first-order valence-electron chi connectivity index (χ1n) is 7.64. The molecular weight excluding hydrogens is 298 g/mol. The number of nitrogens with zero attached hydrogens (tertiary/aromatic N) is 1. The van der Waals surface area contributed by atoms with Gasteiger partial charge in [-0.15, -0.1) is 11.3 Å². The molecule has 5 heteroatoms. The Balaban J connectivity index is 1.73. The maximum atomic E-state index is 12.7. The summed E-state index contributed by atoms with van der Waals surface area (Å²) in [5.41, 5.74) is 0.637. The Bertz CT molecular complexity index is 659. The molecule has 0 radical (unpaired) electrons. The number of thiophene rings is 1. The Hall–Kier alpha value is -1.88. The fourth-order valence-electron chi connectivity index (χ4n) is 3.03. The van der Waals surface area contributed by atoms with Crippen LogP contribution in [0.1, 0.15) is 52.0 Å². The second-order valence-electron chi connectivity index (χ2n) is 5.51. The molecule has 2 aromatic rings. The molecule has 1 unspecified atom stereocenters. The number of amides is 1. The average molecular weight is 317 g/mol. The van der Waals surface area contributed by atoms with Crippen LogP contribution in [0.15, 0.2) is 34.3 Å². The quantitative estimate of drug-likeness (QED) is 0.789. The molecular formula is C17H19NO3S. The molecule has 1 aliphatic rings. The minimum Gasteiger partial charge on any atom is -0.469 e. The molecule has 0 saturated carbocycles. The van der Waals surface area contributed by atoms with E-state index in [-0.39, 0.29) is 17.7 Å². The second-order valence-corrected chi connectivity index (χ2v) is 6.46. The summed E-state index contributed by atoms with van der Waals surface area (Å²) in [7, 11) is 0. The highest BCUT2D eigenvalue weighted by Crippen LogP contribution is 2.26. The van der Waals surface area contributed by atoms with Crippen LogP contribution >= 0.6 is 11.3 Å². The van der Waals surface area contributed by atoms with Crippen LogP contribution in [0.4, 0.5) is 0 Å². The first kappa shape index (κ1) is 15.0. The van der Waals surface area contributed by atoms with Gasteiger partial charge < -0.3 is 9.32 Å². The number of likely N-dealkylation sites (tertiary alicyclic amines) is 1. The molecule has 4 nitrogen and oxygen atoms in total. The van der Waals surface area contributed by atoms with Gasteiger partial charge in [0.1, 0.15) is 5.76 Å². The average Bonchev–Trinajstić information content (AvgIpc) is 3.26. The Morgan fingerprint density at radius 2 is 2.27 bits per heavy atom. The van der Waals surface area contributed by atoms with Crippen LogP contribution in [-0.2, 0) is 6.42 Å². The molecule has 0 spiro atoms. The van der Waals surface area contributed by atoms with E-state index in [1.54, 1.807) is 12.3 Å². The second kappa shape index (κ2) is 6.48. The lowest BCUT2D eigenvalue weighted by Crippen LogP contribution is -2.37. The molecule has 0 aliphatic carbocycles. The number of carbonyl (C=O) groups excluding carboxylic acids is 2. The number of rotatable bonds is 5. The Kier molecular flexibility index (Phi) is 4.43. The molecule has 3 rings (SSSR count). The number of aryl methyl sites for hydroxylation is 1. The molecule has 0 bridgehead atoms. The van der Waals surface area contributed by atoms with Gasteiger partial charge in [-0.3, -0.25) is 9.59 Å². The molecule has 2 aromatic heterocycles. The van der Waals surface area contributed by atoms with Crippen LogP contribution in [0.3, 0.4) is 0 Å². The highest BCUT2D eigenvalue weighted by atomic mass is 32.1. The van der Waals surface area contributed by atoms with Gasteiger partial charge in [-0.1, -0.05) is 13.0 Å². The molecule has 22 heavy (non-hydrogen) atoms. The van der Waals surface area contributed by atoms with Crippen molar-refractivity contribution >= 4 is 23.0 Å². The van der Waals surface area contributed by atoms with Crippen LogP contribution in [0.5, 0.6) is 0 Å². The van der Waals surface area contributed by atoms with Gasteiger partial charge in [0.05, 0.1) is 16.7 Å². The monoisotopic (exact) mass is 317 g/mol. The lowest BCUT2D eigenvalue weighted by Gasteiger charge is -2.24. The van der Waals surface area contributed by atoms with Crippen molar-refractivity contribution in [3.8, 4) is 0 Å². The summed E-state index contributed by atoms with van der Waals surface area (Å²) < 4.78 is 5.36. The van der Waals surface area contributed by atoms with E-state index < -0.39 is 0 Å². The van der Waals surface area contributed by atoms with Gasteiger partial charge in [-0.25, -0.2) is 0 Å². The number of hydrogen-bond donors (Lipinski definition) is 0. The maximum Gasteiger partial charge on any atom is 0.257 e. The predicted octanol–water partition coefficient (Wildman–Crippen LogP) is 3.78. The van der Waals surface area contributed by atoms with Gasteiger partial charge in [-0.2, -0.15) is 0 Å². The van der Waals surface area contributed by atoms with Gasteiger partial charge in [0.2, 0.25) is 0 Å². The normalized spacial score (nSPS) is 17.9. The van der Waals surface area contributed by atoms with Crippen LogP contribution in [0.25, 0.3) is 0 Å². The number of Topliss-reactive ketones (excluding diaryl/α,β-unsaturated/α-hetero) is 1. The van der Waals surface area contributed by atoms with E-state index in [0.717, 1.165) is 30.0 Å². The van der Waals surface area contributed by atoms with E-state index in [2.05, 4.69) is 0 Å². The number of ketones is 1. The summed E-state index contributed by atoms with van der Waals surface area (Å²) in [6.07, 6.45) is 4.51. The van der Waals surface area contributed by atoms with Gasteiger partial charge >= 0.3 is 0 Å². The number of carbonyl (C=O) groups is 2. The van der Waals surface area contributed by atoms with E-state index in [1.165, 1.54) is 11.3 Å². The Morgan fingerprint density at radius 1 is 1.41 bits per heavy atom. The van der Waals surface area contributed by atoms with Crippen molar-refractivity contribution in [3.05, 3.63) is 46.0 Å². The zero-order valence-corrected chi connectivity index (χ0v) is 13.4. The minimum atomic E-state index is -0.00733. The molecule has 116 valence electrons. The third kappa shape index (κ3) is 2.86. The van der Waals surface area contributed by atoms with E-state index in [0.29, 0.717) is 18.4 Å². The van der Waals surface area contributed by atoms with Gasteiger partial charge in [0.25, 0.3) is 5.91 Å². The fraction of sp³-hybridized carbons (Fsp3) is 0.412. The van der Waals surface area contributed by atoms with Crippen LogP contribution in [0, 0.1) is 0 Å². The minimum absolute atomic E-state index is 0.00158. The smallest absolute Gasteiger partial charge is 0.257 e. The molecule has 0 N–H and O–H groups in total. The Morgan fingerprint density at radius 3 is 3.00 bits per heavy atom. The van der Waals surface area contributed by atoms with Crippen LogP contribution in [-0.4, -0.2) is 29.2 Å². The summed E-state index contributed by atoms with van der Waals surface area (Å²) in [6.45, 7) is 2.69. The lowest BCUT2D eigenvalue weighted by molar-refractivity contribution is 0.0715. The Labute approximate surface area is 133 Å². The van der Waals surface area contributed by atoms with Crippen molar-refractivity contribution in [2.24, 2.45) is 0 Å². The van der Waals surface area contributed by atoms with Gasteiger partial charge in [-0.05, 0) is 30.4 Å². The summed E-state index contributed by atoms with van der Waals surface area (Å²) >= 11 is 1.46. The maximum absolute atomic E-state index is 12.7. The highest BCUT2D eigenvalue weighted by molar-refractivity contribution is 7.12. The van der Waals surface area contributed by atoms with Gasteiger partial charge in [0.15, 0.2) is 5.78 Å². The molecule has 0 aromatic carbocycles. The van der Waals surface area contributed by atoms with Gasteiger partial charge in [0, 0.05) is 25.4 Å². The van der Waals surface area contributed by atoms with Crippen molar-refractivity contribution in [2.75, 3.05) is 6.54 Å². The first-order chi connectivity index (χ1) is 10.7. The van der Waals surface area contributed by atoms with E-state index in [1.807, 2.05) is 29.3 Å². The van der Waals surface area contributed by atoms with Crippen molar-refractivity contribution in [3.63, 3.8) is 0 Å². The summed E-state index contributed by atoms with van der Waals surface area (Å²) in [5, 5.41) is 1.91. The van der Waals surface area contributed by atoms with Crippen molar-refractivity contribution < 1.29 is 14.0 Å².